The number of benzene rings is 1. The summed E-state index contributed by atoms with van der Waals surface area (Å²) in [6.45, 7) is 5.87. The van der Waals surface area contributed by atoms with Gasteiger partial charge < -0.3 is 15.0 Å². The van der Waals surface area contributed by atoms with Crippen LogP contribution in [0, 0.1) is 0 Å². The molecule has 2 aliphatic heterocycles. The largest absolute Gasteiger partial charge is 0.381 e. The average molecular weight is 529 g/mol. The Bertz CT molecular complexity index is 1170. The molecule has 1 N–H and O–H groups in total. The third-order valence-corrected chi connectivity index (χ3v) is 9.57. The second-order valence-electron chi connectivity index (χ2n) is 10.7. The molecule has 202 valence electrons. The molecule has 2 aromatic rings. The van der Waals surface area contributed by atoms with Crippen LogP contribution in [0.5, 0.6) is 0 Å². The molecule has 1 unspecified atom stereocenters. The first-order valence-corrected chi connectivity index (χ1v) is 15.2. The molecule has 37 heavy (non-hydrogen) atoms. The number of rotatable bonds is 9. The Balaban J connectivity index is 1.33. The summed E-state index contributed by atoms with van der Waals surface area (Å²) in [7, 11) is 0.671. The quantitative estimate of drug-likeness (QED) is 0.540. The van der Waals surface area contributed by atoms with Gasteiger partial charge in [-0.1, -0.05) is 6.92 Å². The fraction of sp³-hybridized carbons (Fsp3) is 0.643. The summed E-state index contributed by atoms with van der Waals surface area (Å²) in [5, 5.41) is 4.10. The molecular weight excluding hydrogens is 488 g/mol. The summed E-state index contributed by atoms with van der Waals surface area (Å²) in [6, 6.07) is 6.67. The first-order valence-electron chi connectivity index (χ1n) is 13.9. The molecule has 1 aromatic carbocycles. The lowest BCUT2D eigenvalue weighted by Crippen LogP contribution is -2.42. The average Bonchev–Trinajstić information content (AvgIpc) is 3.23. The van der Waals surface area contributed by atoms with Crippen LogP contribution in [0.1, 0.15) is 73.5 Å². The predicted octanol–water partition coefficient (Wildman–Crippen LogP) is 3.23. The van der Waals surface area contributed by atoms with Gasteiger partial charge in [0.25, 0.3) is 5.91 Å². The predicted molar refractivity (Wildman–Crippen MR) is 146 cm³/mol. The summed E-state index contributed by atoms with van der Waals surface area (Å²) in [4.78, 5) is 29.7. The maximum absolute atomic E-state index is 13.3. The van der Waals surface area contributed by atoms with Crippen LogP contribution in [0.15, 0.2) is 18.2 Å². The number of carbonyl (C=O) groups is 2. The molecule has 0 bridgehead atoms. The topological polar surface area (TPSA) is 83.9 Å². The van der Waals surface area contributed by atoms with Crippen LogP contribution in [0.25, 0.3) is 10.9 Å². The van der Waals surface area contributed by atoms with Gasteiger partial charge in [-0.3, -0.25) is 18.5 Å². The van der Waals surface area contributed by atoms with Crippen molar-refractivity contribution in [1.29, 1.82) is 0 Å². The number of ether oxygens (including phenoxy) is 1. The third-order valence-electron chi connectivity index (χ3n) is 8.25. The number of hydrogen-bond donors (Lipinski definition) is 1. The minimum Gasteiger partial charge on any atom is -0.381 e. The molecule has 1 atom stereocenters. The Kier molecular flexibility index (Phi) is 8.31. The third kappa shape index (κ3) is 5.64. The van der Waals surface area contributed by atoms with Crippen molar-refractivity contribution in [1.82, 2.24) is 19.1 Å². The van der Waals surface area contributed by atoms with Crippen molar-refractivity contribution < 1.29 is 18.5 Å². The van der Waals surface area contributed by atoms with Crippen molar-refractivity contribution in [2.45, 2.75) is 76.9 Å². The van der Waals surface area contributed by atoms with Crippen molar-refractivity contribution in [2.75, 3.05) is 39.1 Å². The van der Waals surface area contributed by atoms with Gasteiger partial charge in [0.15, 0.2) is 0 Å². The van der Waals surface area contributed by atoms with Gasteiger partial charge >= 0.3 is 0 Å². The summed E-state index contributed by atoms with van der Waals surface area (Å²) in [5.41, 5.74) is 3.94. The highest BCUT2D eigenvalue weighted by Gasteiger charge is 2.30. The van der Waals surface area contributed by atoms with Gasteiger partial charge in [-0.15, -0.1) is 0 Å². The van der Waals surface area contributed by atoms with Crippen LogP contribution in [-0.4, -0.2) is 81.0 Å². The van der Waals surface area contributed by atoms with Crippen LogP contribution in [-0.2, 0) is 33.5 Å². The Labute approximate surface area is 222 Å². The first-order chi connectivity index (χ1) is 18.0. The fourth-order valence-corrected chi connectivity index (χ4v) is 6.93. The van der Waals surface area contributed by atoms with E-state index in [0.29, 0.717) is 42.8 Å². The molecule has 9 heteroatoms. The minimum absolute atomic E-state index is 0.0449. The lowest BCUT2D eigenvalue weighted by Gasteiger charge is -2.37. The Morgan fingerprint density at radius 3 is 2.68 bits per heavy atom. The number of aromatic nitrogens is 1. The monoisotopic (exact) mass is 528 g/mol. The molecule has 1 aliphatic carbocycles. The highest BCUT2D eigenvalue weighted by Crippen LogP contribution is 2.34. The molecule has 1 aromatic heterocycles. The first kappa shape index (κ1) is 26.4. The van der Waals surface area contributed by atoms with Crippen LogP contribution in [0.4, 0.5) is 0 Å². The number of nitrogens with one attached hydrogen (secondary N) is 1. The highest BCUT2D eigenvalue weighted by atomic mass is 32.2. The zero-order chi connectivity index (χ0) is 25.9. The molecular formula is C28H40N4O4S. The number of fused-ring (bicyclic) bond motifs is 3. The van der Waals surface area contributed by atoms with E-state index in [-0.39, 0.29) is 11.8 Å². The lowest BCUT2D eigenvalue weighted by molar-refractivity contribution is -0.122. The van der Waals surface area contributed by atoms with E-state index in [1.54, 1.807) is 11.9 Å². The zero-order valence-corrected chi connectivity index (χ0v) is 23.0. The van der Waals surface area contributed by atoms with Crippen molar-refractivity contribution >= 4 is 33.7 Å². The molecule has 5 rings (SSSR count). The number of nitrogens with zero attached hydrogens (tertiary/aromatic N) is 3. The Morgan fingerprint density at radius 2 is 1.97 bits per heavy atom. The lowest BCUT2D eigenvalue weighted by atomic mass is 9.93. The maximum atomic E-state index is 13.3. The fourth-order valence-electron chi connectivity index (χ4n) is 5.85. The molecule has 1 saturated heterocycles. The van der Waals surface area contributed by atoms with Crippen molar-refractivity contribution in [3.8, 4) is 0 Å². The molecule has 2 fully saturated rings. The van der Waals surface area contributed by atoms with Crippen LogP contribution in [0.3, 0.4) is 0 Å². The van der Waals surface area contributed by atoms with Crippen LogP contribution in [0.2, 0.25) is 0 Å². The van der Waals surface area contributed by atoms with Crippen molar-refractivity contribution in [2.24, 2.45) is 0 Å². The van der Waals surface area contributed by atoms with Gasteiger partial charge in [0.05, 0.1) is 5.52 Å². The normalized spacial score (nSPS) is 19.8. The molecule has 3 aliphatic rings. The summed E-state index contributed by atoms with van der Waals surface area (Å²) >= 11 is 0. The van der Waals surface area contributed by atoms with E-state index >= 15 is 0 Å². The van der Waals surface area contributed by atoms with Crippen LogP contribution >= 0.6 is 0 Å². The van der Waals surface area contributed by atoms with E-state index in [9.17, 15) is 13.8 Å². The van der Waals surface area contributed by atoms with Gasteiger partial charge in [0.2, 0.25) is 5.91 Å². The Morgan fingerprint density at radius 1 is 1.19 bits per heavy atom. The second-order valence-corrected chi connectivity index (χ2v) is 12.2. The summed E-state index contributed by atoms with van der Waals surface area (Å²) in [6.07, 6.45) is 7.39. The van der Waals surface area contributed by atoms with Gasteiger partial charge in [-0.25, -0.2) is 4.21 Å². The minimum atomic E-state index is -1.13. The molecule has 2 amide bonds. The Hall–Kier alpha value is -2.23. The highest BCUT2D eigenvalue weighted by molar-refractivity contribution is 7.83. The van der Waals surface area contributed by atoms with Gasteiger partial charge in [-0.2, -0.15) is 0 Å². The van der Waals surface area contributed by atoms with E-state index in [0.717, 1.165) is 75.0 Å². The maximum Gasteiger partial charge on any atom is 0.253 e. The smallest absolute Gasteiger partial charge is 0.253 e. The van der Waals surface area contributed by atoms with Crippen molar-refractivity contribution in [3.63, 3.8) is 0 Å². The number of carbonyl (C=O) groups excluding carboxylic acids is 2. The number of hydrogen-bond acceptors (Lipinski definition) is 5. The summed E-state index contributed by atoms with van der Waals surface area (Å²) < 4.78 is 20.6. The van der Waals surface area contributed by atoms with Crippen LogP contribution < -0.4 is 5.32 Å². The molecule has 0 radical (unpaired) electrons. The van der Waals surface area contributed by atoms with E-state index in [1.165, 1.54) is 12.0 Å². The summed E-state index contributed by atoms with van der Waals surface area (Å²) in [5.74, 6) is 0.590. The van der Waals surface area contributed by atoms with Gasteiger partial charge in [-0.05, 0) is 62.3 Å². The van der Waals surface area contributed by atoms with E-state index in [1.807, 2.05) is 29.1 Å². The van der Waals surface area contributed by atoms with E-state index in [4.69, 9.17) is 4.74 Å². The number of amides is 2. The van der Waals surface area contributed by atoms with Crippen molar-refractivity contribution in [3.05, 3.63) is 35.0 Å². The van der Waals surface area contributed by atoms with E-state index < -0.39 is 11.0 Å². The molecule has 8 nitrogen and oxygen atoms in total. The SMILES string of the molecule is CCS(=O)n1c2c(c3cc(C(=O)N(C)CCCC(=O)NC4CCC4)ccc31)CN(C1CCOCC1)CC2. The molecule has 0 spiro atoms. The molecule has 3 heterocycles. The standard InChI is InChI=1S/C28H40N4O4S/c1-3-37(35)32-25-10-9-20(28(34)30(2)14-5-8-27(33)29-21-6-4-7-21)18-23(25)24-19-31(15-11-26(24)32)22-12-16-36-17-13-22/h9-10,18,21-22H,3-8,11-17,19H2,1-2H3,(H,29,33). The van der Waals surface area contributed by atoms with Gasteiger partial charge in [0.1, 0.15) is 11.0 Å². The second kappa shape index (κ2) is 11.7. The zero-order valence-electron chi connectivity index (χ0n) is 22.2. The molecule has 1 saturated carbocycles. The van der Waals surface area contributed by atoms with E-state index in [2.05, 4.69) is 10.2 Å². The van der Waals surface area contributed by atoms with Gasteiger partial charge in [0, 0.05) is 87.2 Å².